The number of allylic oxidation sites excluding steroid dienone is 4. The minimum atomic E-state index is 0.633. The quantitative estimate of drug-likeness (QED) is 0.500. The highest BCUT2D eigenvalue weighted by molar-refractivity contribution is 7.27. The predicted molar refractivity (Wildman–Crippen MR) is 128 cm³/mol. The Balaban J connectivity index is 1.74. The number of nitrogens with one attached hydrogen (secondary N) is 1. The molecule has 0 amide bonds. The van der Waals surface area contributed by atoms with Crippen molar-refractivity contribution in [3.63, 3.8) is 0 Å². The van der Waals surface area contributed by atoms with Gasteiger partial charge in [-0.15, -0.1) is 0 Å². The lowest BCUT2D eigenvalue weighted by Gasteiger charge is -2.22. The van der Waals surface area contributed by atoms with E-state index in [-0.39, 0.29) is 0 Å². The Hall–Kier alpha value is -1.85. The number of aliphatic imine (C=N–C) groups is 1. The molecule has 154 valence electrons. The Morgan fingerprint density at radius 3 is 2.97 bits per heavy atom. The van der Waals surface area contributed by atoms with Gasteiger partial charge in [0.15, 0.2) is 0 Å². The van der Waals surface area contributed by atoms with Gasteiger partial charge < -0.3 is 9.64 Å². The van der Waals surface area contributed by atoms with E-state index in [4.69, 9.17) is 9.72 Å². The zero-order valence-corrected chi connectivity index (χ0v) is 18.8. The molecule has 0 spiro atoms. The summed E-state index contributed by atoms with van der Waals surface area (Å²) in [4.78, 5) is 11.5. The lowest BCUT2D eigenvalue weighted by atomic mass is 10.0. The van der Waals surface area contributed by atoms with Gasteiger partial charge in [-0.1, -0.05) is 51.1 Å². The van der Waals surface area contributed by atoms with Crippen molar-refractivity contribution in [3.8, 4) is 0 Å². The summed E-state index contributed by atoms with van der Waals surface area (Å²) in [5, 5.41) is 5.25. The largest absolute Gasteiger partial charge is 0.381 e. The molecule has 0 saturated carbocycles. The average molecular weight is 429 g/mol. The van der Waals surface area contributed by atoms with Gasteiger partial charge in [0, 0.05) is 38.7 Å². The summed E-state index contributed by atoms with van der Waals surface area (Å²) >= 11 is 1.56. The molecule has 1 fully saturated rings. The van der Waals surface area contributed by atoms with E-state index in [0.29, 0.717) is 5.92 Å². The normalized spacial score (nSPS) is 21.3. The number of nitrogens with zero attached hydrogens (tertiary/aromatic N) is 3. The van der Waals surface area contributed by atoms with Crippen molar-refractivity contribution in [1.82, 2.24) is 15.2 Å². The lowest BCUT2D eigenvalue weighted by Crippen LogP contribution is -2.31. The van der Waals surface area contributed by atoms with Gasteiger partial charge in [0.1, 0.15) is 15.7 Å². The first kappa shape index (κ1) is 21.8. The van der Waals surface area contributed by atoms with Crippen LogP contribution >= 0.6 is 20.2 Å². The first-order chi connectivity index (χ1) is 14.2. The molecule has 1 aromatic rings. The summed E-state index contributed by atoms with van der Waals surface area (Å²) in [7, 11) is 3.74. The third-order valence-corrected chi connectivity index (χ3v) is 6.45. The van der Waals surface area contributed by atoms with Gasteiger partial charge in [-0.05, 0) is 38.2 Å². The molecule has 29 heavy (non-hydrogen) atoms. The molecular formula is C22H29N4OPS. The van der Waals surface area contributed by atoms with Crippen LogP contribution in [0, 0.1) is 5.92 Å². The van der Waals surface area contributed by atoms with Crippen LogP contribution in [-0.4, -0.2) is 47.8 Å². The Kier molecular flexibility index (Phi) is 8.56. The Morgan fingerprint density at radius 2 is 2.17 bits per heavy atom. The molecule has 1 saturated heterocycles. The predicted octanol–water partition coefficient (Wildman–Crippen LogP) is 4.80. The average Bonchev–Trinajstić information content (AvgIpc) is 3.21. The van der Waals surface area contributed by atoms with Crippen molar-refractivity contribution in [2.45, 2.75) is 26.2 Å². The Bertz CT molecular complexity index is 834. The van der Waals surface area contributed by atoms with Crippen LogP contribution in [0.4, 0.5) is 5.00 Å². The summed E-state index contributed by atoms with van der Waals surface area (Å²) in [5.41, 5.74) is 2.58. The number of ether oxygens (including phenoxy) is 1. The second-order valence-electron chi connectivity index (χ2n) is 6.96. The highest BCUT2D eigenvalue weighted by Gasteiger charge is 2.20. The number of thiazole rings is 1. The van der Waals surface area contributed by atoms with Crippen molar-refractivity contribution < 1.29 is 4.74 Å². The van der Waals surface area contributed by atoms with Crippen LogP contribution in [0.2, 0.25) is 0 Å². The third kappa shape index (κ3) is 6.31. The van der Waals surface area contributed by atoms with Crippen LogP contribution in [0.3, 0.4) is 0 Å². The number of aromatic nitrogens is 1. The molecule has 2 aliphatic heterocycles. The SMILES string of the molecule is C=C(c1nc(C(=P)NCC2CCOCC2)sc1/N=C\C)N1/C=C/C=C\C=C\CC1. The molecule has 0 atom stereocenters. The van der Waals surface area contributed by atoms with E-state index in [1.807, 2.05) is 31.4 Å². The molecule has 0 bridgehead atoms. The van der Waals surface area contributed by atoms with Crippen LogP contribution in [0.1, 0.15) is 36.9 Å². The third-order valence-electron chi connectivity index (χ3n) is 4.87. The highest BCUT2D eigenvalue weighted by atomic mass is 32.1. The van der Waals surface area contributed by atoms with Crippen molar-refractivity contribution >= 4 is 42.5 Å². The van der Waals surface area contributed by atoms with Crippen molar-refractivity contribution in [2.75, 3.05) is 26.3 Å². The molecule has 1 aromatic heterocycles. The van der Waals surface area contributed by atoms with E-state index in [1.54, 1.807) is 17.6 Å². The van der Waals surface area contributed by atoms with Crippen molar-refractivity contribution in [1.29, 1.82) is 0 Å². The molecule has 2 aliphatic rings. The monoisotopic (exact) mass is 428 g/mol. The summed E-state index contributed by atoms with van der Waals surface area (Å²) in [6.45, 7) is 9.72. The number of hydrogen-bond acceptors (Lipinski definition) is 5. The van der Waals surface area contributed by atoms with Gasteiger partial charge in [0.2, 0.25) is 0 Å². The van der Waals surface area contributed by atoms with E-state index in [2.05, 4.69) is 42.8 Å². The molecular weight excluding hydrogens is 399 g/mol. The van der Waals surface area contributed by atoms with Gasteiger partial charge in [0.25, 0.3) is 0 Å². The minimum Gasteiger partial charge on any atom is -0.381 e. The highest BCUT2D eigenvalue weighted by Crippen LogP contribution is 2.34. The molecule has 3 heterocycles. The first-order valence-electron chi connectivity index (χ1n) is 10.0. The van der Waals surface area contributed by atoms with E-state index in [1.165, 1.54) is 0 Å². The zero-order valence-electron chi connectivity index (χ0n) is 16.9. The molecule has 5 nitrogen and oxygen atoms in total. The van der Waals surface area contributed by atoms with Gasteiger partial charge in [-0.25, -0.2) is 9.98 Å². The summed E-state index contributed by atoms with van der Waals surface area (Å²) in [6.07, 6.45) is 17.3. The maximum atomic E-state index is 5.44. The molecule has 0 aromatic carbocycles. The smallest absolute Gasteiger partial charge is 0.145 e. The van der Waals surface area contributed by atoms with E-state index in [0.717, 1.165) is 72.4 Å². The second kappa shape index (κ2) is 11.4. The number of hydrogen-bond donors (Lipinski definition) is 1. The van der Waals surface area contributed by atoms with Crippen LogP contribution in [-0.2, 0) is 4.74 Å². The zero-order chi connectivity index (χ0) is 20.5. The van der Waals surface area contributed by atoms with Crippen LogP contribution in [0.5, 0.6) is 0 Å². The van der Waals surface area contributed by atoms with Gasteiger partial charge >= 0.3 is 0 Å². The Morgan fingerprint density at radius 1 is 1.38 bits per heavy atom. The van der Waals surface area contributed by atoms with E-state index in [9.17, 15) is 0 Å². The van der Waals surface area contributed by atoms with E-state index >= 15 is 0 Å². The van der Waals surface area contributed by atoms with Crippen LogP contribution in [0.25, 0.3) is 5.70 Å². The van der Waals surface area contributed by atoms with Gasteiger partial charge in [-0.2, -0.15) is 0 Å². The first-order valence-corrected chi connectivity index (χ1v) is 11.4. The molecule has 7 heteroatoms. The molecule has 0 unspecified atom stereocenters. The molecule has 1 N–H and O–H groups in total. The number of rotatable bonds is 7. The molecule has 0 aliphatic carbocycles. The summed E-state index contributed by atoms with van der Waals surface area (Å²) < 4.78 is 5.44. The molecule has 3 rings (SSSR count). The maximum Gasteiger partial charge on any atom is 0.145 e. The van der Waals surface area contributed by atoms with Crippen molar-refractivity contribution in [3.05, 3.63) is 53.9 Å². The minimum absolute atomic E-state index is 0.633. The second-order valence-corrected chi connectivity index (χ2v) is 8.43. The van der Waals surface area contributed by atoms with Gasteiger partial charge in [0.05, 0.1) is 11.1 Å². The topological polar surface area (TPSA) is 49.8 Å². The summed E-state index contributed by atoms with van der Waals surface area (Å²) in [6, 6.07) is 0. The fraction of sp³-hybridized carbons (Fsp3) is 0.409. The maximum absolute atomic E-state index is 5.44. The van der Waals surface area contributed by atoms with Crippen molar-refractivity contribution in [2.24, 2.45) is 10.9 Å². The summed E-state index contributed by atoms with van der Waals surface area (Å²) in [5.74, 6) is 0.633. The van der Waals surface area contributed by atoms with Crippen LogP contribution < -0.4 is 5.32 Å². The molecule has 0 radical (unpaired) electrons. The van der Waals surface area contributed by atoms with E-state index < -0.39 is 0 Å². The fourth-order valence-corrected chi connectivity index (χ4v) is 4.41. The van der Waals surface area contributed by atoms with Gasteiger partial charge in [-0.3, -0.25) is 5.32 Å². The Labute approximate surface area is 179 Å². The fourth-order valence-electron chi connectivity index (χ4n) is 3.19. The lowest BCUT2D eigenvalue weighted by molar-refractivity contribution is 0.0676. The van der Waals surface area contributed by atoms with Crippen LogP contribution in [0.15, 0.2) is 48.2 Å². The standard InChI is InChI=1S/C22H29N4OPS/c1-3-23-21-19(17(2)26-12-8-6-4-5-7-9-13-26)25-22(29-21)20(28)24-16-18-10-14-27-15-11-18/h3-8,12,18,24,28H,2,9-11,13-16H2,1H3/b6-4-,7-5+,12-8+,23-3-.